The number of nitro groups is 1. The minimum absolute atomic E-state index is 0.0330. The fourth-order valence-corrected chi connectivity index (χ4v) is 2.04. The van der Waals surface area contributed by atoms with Crippen molar-refractivity contribution in [3.05, 3.63) is 68.5 Å². The Bertz CT molecular complexity index is 699. The molecule has 0 aliphatic heterocycles. The van der Waals surface area contributed by atoms with Crippen LogP contribution in [0.15, 0.2) is 30.3 Å². The number of nitro benzene ring substituents is 1. The topological polar surface area (TPSA) is 55.2 Å². The van der Waals surface area contributed by atoms with Crippen LogP contribution in [0.5, 0.6) is 0 Å². The molecule has 0 atom stereocenters. The van der Waals surface area contributed by atoms with Gasteiger partial charge in [0.15, 0.2) is 0 Å². The molecular formula is C16H17FN2O2. The van der Waals surface area contributed by atoms with Crippen LogP contribution in [-0.4, -0.2) is 4.92 Å². The van der Waals surface area contributed by atoms with Crippen LogP contribution in [0.2, 0.25) is 0 Å². The zero-order valence-electron chi connectivity index (χ0n) is 12.2. The number of nitrogens with one attached hydrogen (secondary N) is 1. The Balaban J connectivity index is 2.24. The summed E-state index contributed by atoms with van der Waals surface area (Å²) in [7, 11) is 0. The van der Waals surface area contributed by atoms with Gasteiger partial charge in [0, 0.05) is 12.6 Å². The number of hydrogen-bond donors (Lipinski definition) is 1. The summed E-state index contributed by atoms with van der Waals surface area (Å²) in [6.45, 7) is 5.76. The lowest BCUT2D eigenvalue weighted by atomic mass is 10.1. The van der Waals surface area contributed by atoms with Crippen molar-refractivity contribution >= 4 is 11.4 Å². The third kappa shape index (κ3) is 3.37. The average Bonchev–Trinajstić information content (AvgIpc) is 2.43. The Kier molecular flexibility index (Phi) is 4.21. The number of benzene rings is 2. The molecule has 0 aromatic heterocycles. The molecule has 0 radical (unpaired) electrons. The molecule has 0 amide bonds. The minimum atomic E-state index is -0.412. The highest BCUT2D eigenvalue weighted by Crippen LogP contribution is 2.28. The van der Waals surface area contributed by atoms with Crippen molar-refractivity contribution in [3.8, 4) is 0 Å². The first-order valence-electron chi connectivity index (χ1n) is 6.63. The maximum atomic E-state index is 13.5. The van der Waals surface area contributed by atoms with Crippen LogP contribution in [0.25, 0.3) is 0 Å². The number of aryl methyl sites for hydroxylation is 3. The van der Waals surface area contributed by atoms with Gasteiger partial charge in [0.2, 0.25) is 0 Å². The van der Waals surface area contributed by atoms with E-state index < -0.39 is 4.92 Å². The number of hydrogen-bond acceptors (Lipinski definition) is 3. The second-order valence-corrected chi connectivity index (χ2v) is 5.15. The third-order valence-electron chi connectivity index (χ3n) is 3.53. The van der Waals surface area contributed by atoms with Gasteiger partial charge < -0.3 is 5.32 Å². The smallest absolute Gasteiger partial charge is 0.292 e. The predicted molar refractivity (Wildman–Crippen MR) is 81.0 cm³/mol. The van der Waals surface area contributed by atoms with E-state index in [4.69, 9.17) is 0 Å². The standard InChI is InChI=1S/C16H17FN2O2/c1-10-4-5-13(8-14(10)17)9-18-15-6-11(2)12(3)7-16(15)19(20)21/h4-8,18H,9H2,1-3H3. The van der Waals surface area contributed by atoms with E-state index in [1.165, 1.54) is 6.07 Å². The summed E-state index contributed by atoms with van der Waals surface area (Å²) in [6.07, 6.45) is 0. The van der Waals surface area contributed by atoms with Crippen LogP contribution in [0.3, 0.4) is 0 Å². The van der Waals surface area contributed by atoms with Crippen LogP contribution in [0.1, 0.15) is 22.3 Å². The molecule has 0 aliphatic rings. The highest BCUT2D eigenvalue weighted by Gasteiger charge is 2.15. The molecular weight excluding hydrogens is 271 g/mol. The fraction of sp³-hybridized carbons (Fsp3) is 0.250. The molecule has 0 heterocycles. The summed E-state index contributed by atoms with van der Waals surface area (Å²) < 4.78 is 13.5. The first-order valence-corrected chi connectivity index (χ1v) is 6.63. The summed E-state index contributed by atoms with van der Waals surface area (Å²) >= 11 is 0. The van der Waals surface area contributed by atoms with E-state index >= 15 is 0 Å². The van der Waals surface area contributed by atoms with Crippen molar-refractivity contribution in [3.63, 3.8) is 0 Å². The lowest BCUT2D eigenvalue weighted by Gasteiger charge is -2.10. The largest absolute Gasteiger partial charge is 0.375 e. The van der Waals surface area contributed by atoms with Gasteiger partial charge >= 0.3 is 0 Å². The molecule has 0 unspecified atom stereocenters. The zero-order valence-corrected chi connectivity index (χ0v) is 12.2. The molecule has 2 aromatic rings. The molecule has 2 aromatic carbocycles. The van der Waals surface area contributed by atoms with Gasteiger partial charge in [-0.15, -0.1) is 0 Å². The summed E-state index contributed by atoms with van der Waals surface area (Å²) in [5.41, 5.74) is 3.64. The quantitative estimate of drug-likeness (QED) is 0.675. The molecule has 21 heavy (non-hydrogen) atoms. The first kappa shape index (κ1) is 15.0. The molecule has 0 spiro atoms. The van der Waals surface area contributed by atoms with E-state index in [1.807, 2.05) is 13.8 Å². The van der Waals surface area contributed by atoms with E-state index in [1.54, 1.807) is 31.2 Å². The molecule has 1 N–H and O–H groups in total. The third-order valence-corrected chi connectivity index (χ3v) is 3.53. The van der Waals surface area contributed by atoms with Gasteiger partial charge in [-0.3, -0.25) is 10.1 Å². The second kappa shape index (κ2) is 5.91. The Morgan fingerprint density at radius 3 is 2.38 bits per heavy atom. The van der Waals surface area contributed by atoms with Gasteiger partial charge in [-0.2, -0.15) is 0 Å². The van der Waals surface area contributed by atoms with E-state index in [0.29, 0.717) is 17.8 Å². The lowest BCUT2D eigenvalue weighted by molar-refractivity contribution is -0.384. The van der Waals surface area contributed by atoms with Crippen molar-refractivity contribution in [2.45, 2.75) is 27.3 Å². The highest BCUT2D eigenvalue weighted by molar-refractivity contribution is 5.64. The molecule has 0 aliphatic carbocycles. The second-order valence-electron chi connectivity index (χ2n) is 5.15. The first-order chi connectivity index (χ1) is 9.88. The van der Waals surface area contributed by atoms with Crippen LogP contribution >= 0.6 is 0 Å². The van der Waals surface area contributed by atoms with Crippen LogP contribution < -0.4 is 5.32 Å². The van der Waals surface area contributed by atoms with Crippen LogP contribution in [0.4, 0.5) is 15.8 Å². The van der Waals surface area contributed by atoms with Crippen LogP contribution in [0, 0.1) is 36.7 Å². The molecule has 0 fully saturated rings. The Labute approximate surface area is 122 Å². The Morgan fingerprint density at radius 1 is 1.10 bits per heavy atom. The summed E-state index contributed by atoms with van der Waals surface area (Å²) in [5.74, 6) is -0.274. The van der Waals surface area contributed by atoms with Gasteiger partial charge in [0.25, 0.3) is 5.69 Å². The van der Waals surface area contributed by atoms with Crippen molar-refractivity contribution in [2.24, 2.45) is 0 Å². The Hall–Kier alpha value is -2.43. The average molecular weight is 288 g/mol. The summed E-state index contributed by atoms with van der Waals surface area (Å²) in [5, 5.41) is 14.1. The molecule has 2 rings (SSSR count). The van der Waals surface area contributed by atoms with Gasteiger partial charge in [-0.1, -0.05) is 12.1 Å². The lowest BCUT2D eigenvalue weighted by Crippen LogP contribution is -2.04. The Morgan fingerprint density at radius 2 is 1.76 bits per heavy atom. The molecule has 4 nitrogen and oxygen atoms in total. The van der Waals surface area contributed by atoms with E-state index in [0.717, 1.165) is 16.7 Å². The molecule has 0 saturated carbocycles. The number of anilines is 1. The minimum Gasteiger partial charge on any atom is -0.375 e. The normalized spacial score (nSPS) is 10.5. The van der Waals surface area contributed by atoms with Crippen molar-refractivity contribution < 1.29 is 9.31 Å². The maximum Gasteiger partial charge on any atom is 0.292 e. The predicted octanol–water partition coefficient (Wildman–Crippen LogP) is 4.27. The fourth-order valence-electron chi connectivity index (χ4n) is 2.04. The number of rotatable bonds is 4. The summed E-state index contributed by atoms with van der Waals surface area (Å²) in [6, 6.07) is 8.24. The van der Waals surface area contributed by atoms with Gasteiger partial charge in [-0.05, 0) is 55.2 Å². The van der Waals surface area contributed by atoms with Gasteiger partial charge in [-0.25, -0.2) is 4.39 Å². The number of halogens is 1. The van der Waals surface area contributed by atoms with Crippen molar-refractivity contribution in [1.29, 1.82) is 0 Å². The SMILES string of the molecule is Cc1cc(NCc2ccc(C)c(F)c2)c([N+](=O)[O-])cc1C. The van der Waals surface area contributed by atoms with Gasteiger partial charge in [0.05, 0.1) is 4.92 Å². The maximum absolute atomic E-state index is 13.5. The molecule has 5 heteroatoms. The van der Waals surface area contributed by atoms with E-state index in [9.17, 15) is 14.5 Å². The highest BCUT2D eigenvalue weighted by atomic mass is 19.1. The molecule has 0 saturated heterocycles. The number of nitrogens with zero attached hydrogens (tertiary/aromatic N) is 1. The van der Waals surface area contributed by atoms with Crippen molar-refractivity contribution in [1.82, 2.24) is 0 Å². The van der Waals surface area contributed by atoms with Gasteiger partial charge in [0.1, 0.15) is 11.5 Å². The summed E-state index contributed by atoms with van der Waals surface area (Å²) in [4.78, 5) is 10.7. The monoisotopic (exact) mass is 288 g/mol. The molecule has 0 bridgehead atoms. The molecule has 110 valence electrons. The van der Waals surface area contributed by atoms with Crippen LogP contribution in [-0.2, 0) is 6.54 Å². The van der Waals surface area contributed by atoms with Crippen molar-refractivity contribution in [2.75, 3.05) is 5.32 Å². The zero-order chi connectivity index (χ0) is 15.6. The van der Waals surface area contributed by atoms with E-state index in [2.05, 4.69) is 5.32 Å². The van der Waals surface area contributed by atoms with E-state index in [-0.39, 0.29) is 11.5 Å².